The van der Waals surface area contributed by atoms with Gasteiger partial charge in [0.25, 0.3) is 11.2 Å². The van der Waals surface area contributed by atoms with E-state index < -0.39 is 28.3 Å². The largest absolute Gasteiger partial charge is 0.453 e. The average Bonchev–Trinajstić information content (AvgIpc) is 2.73. The molecule has 0 saturated heterocycles. The minimum atomic E-state index is -0.782. The van der Waals surface area contributed by atoms with Gasteiger partial charge in [0, 0.05) is 12.3 Å². The minimum Gasteiger partial charge on any atom is -0.453 e. The Morgan fingerprint density at radius 2 is 1.94 bits per heavy atom. The van der Waals surface area contributed by atoms with E-state index in [9.17, 15) is 24.5 Å². The van der Waals surface area contributed by atoms with E-state index in [1.165, 1.54) is 31.5 Å². The maximum Gasteiger partial charge on any atom is 0.411 e. The number of benzene rings is 1. The number of H-pyrrole nitrogens is 1. The van der Waals surface area contributed by atoms with Crippen molar-refractivity contribution in [3.05, 3.63) is 62.7 Å². The van der Waals surface area contributed by atoms with Crippen molar-refractivity contribution in [3.8, 4) is 11.1 Å². The van der Waals surface area contributed by atoms with Crippen LogP contribution in [0.2, 0.25) is 0 Å². The van der Waals surface area contributed by atoms with E-state index in [2.05, 4.69) is 25.6 Å². The summed E-state index contributed by atoms with van der Waals surface area (Å²) < 4.78 is 9.58. The van der Waals surface area contributed by atoms with Gasteiger partial charge in [0.2, 0.25) is 0 Å². The van der Waals surface area contributed by atoms with E-state index in [4.69, 9.17) is 4.74 Å². The standard InChI is InChI=1S/C21H25N5O7/c1-21(2,3)33-19(28)22-10-6-5-7-14-11-16(18(27)25-24-14)15-9-8-13(23-20(29)32-4)12-17(15)26(30)31/h6,8-12H,5,7H2,1-4H3,(H,22,28)(H,23,29)(H,25,27). The van der Waals surface area contributed by atoms with Crippen molar-refractivity contribution in [1.82, 2.24) is 15.5 Å². The number of aromatic amines is 1. The van der Waals surface area contributed by atoms with Gasteiger partial charge < -0.3 is 9.47 Å². The van der Waals surface area contributed by atoms with Gasteiger partial charge in [-0.15, -0.1) is 0 Å². The Hall–Kier alpha value is -4.22. The maximum atomic E-state index is 12.3. The molecule has 0 unspecified atom stereocenters. The van der Waals surface area contributed by atoms with Gasteiger partial charge in [-0.3, -0.25) is 25.5 Å². The number of nitrogens with one attached hydrogen (secondary N) is 3. The number of carbonyl (C=O) groups is 2. The molecule has 1 aromatic heterocycles. The van der Waals surface area contributed by atoms with Crippen molar-refractivity contribution >= 4 is 23.6 Å². The summed E-state index contributed by atoms with van der Waals surface area (Å²) >= 11 is 0. The van der Waals surface area contributed by atoms with Crippen molar-refractivity contribution in [2.75, 3.05) is 12.4 Å². The number of hydrogen-bond donors (Lipinski definition) is 3. The molecule has 1 aromatic carbocycles. The van der Waals surface area contributed by atoms with Crippen LogP contribution in [0, 0.1) is 10.1 Å². The predicted molar refractivity (Wildman–Crippen MR) is 120 cm³/mol. The fourth-order valence-electron chi connectivity index (χ4n) is 2.68. The van der Waals surface area contributed by atoms with E-state index in [1.807, 2.05) is 0 Å². The Balaban J connectivity index is 2.16. The molecule has 0 spiro atoms. The number of rotatable bonds is 7. The third-order valence-electron chi connectivity index (χ3n) is 4.06. The molecule has 0 bridgehead atoms. The molecule has 0 atom stereocenters. The lowest BCUT2D eigenvalue weighted by Crippen LogP contribution is -2.29. The first-order valence-electron chi connectivity index (χ1n) is 9.87. The number of nitrogens with zero attached hydrogens (tertiary/aromatic N) is 2. The van der Waals surface area contributed by atoms with Crippen LogP contribution < -0.4 is 16.2 Å². The number of alkyl carbamates (subject to hydrolysis) is 1. The minimum absolute atomic E-state index is 0.0622. The molecule has 2 aromatic rings. The van der Waals surface area contributed by atoms with Crippen LogP contribution in [0.15, 0.2) is 41.3 Å². The van der Waals surface area contributed by atoms with Gasteiger partial charge in [0.1, 0.15) is 5.60 Å². The Bertz CT molecular complexity index is 1120. The summed E-state index contributed by atoms with van der Waals surface area (Å²) in [6.07, 6.45) is 2.63. The fourth-order valence-corrected chi connectivity index (χ4v) is 2.68. The van der Waals surface area contributed by atoms with Crippen LogP contribution in [0.5, 0.6) is 0 Å². The number of nitro benzene ring substituents is 1. The fraction of sp³-hybridized carbons (Fsp3) is 0.333. The van der Waals surface area contributed by atoms with Gasteiger partial charge >= 0.3 is 12.2 Å². The number of aryl methyl sites for hydroxylation is 1. The van der Waals surface area contributed by atoms with Crippen molar-refractivity contribution < 1.29 is 24.0 Å². The zero-order valence-corrected chi connectivity index (χ0v) is 18.6. The Kier molecular flexibility index (Phi) is 8.26. The first-order chi connectivity index (χ1) is 15.5. The molecule has 12 nitrogen and oxygen atoms in total. The molecular formula is C21H25N5O7. The average molecular weight is 459 g/mol. The Labute approximate surface area is 189 Å². The van der Waals surface area contributed by atoms with Gasteiger partial charge in [-0.05, 0) is 51.8 Å². The number of aromatic nitrogens is 2. The number of nitro groups is 1. The summed E-state index contributed by atoms with van der Waals surface area (Å²) in [7, 11) is 1.17. The van der Waals surface area contributed by atoms with E-state index >= 15 is 0 Å². The molecule has 33 heavy (non-hydrogen) atoms. The Morgan fingerprint density at radius 3 is 2.58 bits per heavy atom. The first-order valence-corrected chi connectivity index (χ1v) is 9.87. The SMILES string of the molecule is COC(=O)Nc1ccc(-c2cc(CCC=CNC(=O)OC(C)(C)C)n[nH]c2=O)c([N+](=O)[O-])c1. The summed E-state index contributed by atoms with van der Waals surface area (Å²) in [5.74, 6) is 0. The lowest BCUT2D eigenvalue weighted by atomic mass is 10.0. The number of methoxy groups -OCH3 is 1. The van der Waals surface area contributed by atoms with Crippen LogP contribution in [0.4, 0.5) is 21.0 Å². The molecule has 0 aliphatic heterocycles. The summed E-state index contributed by atoms with van der Waals surface area (Å²) in [5, 5.41) is 22.7. The summed E-state index contributed by atoms with van der Waals surface area (Å²) in [6.45, 7) is 5.26. The number of anilines is 1. The van der Waals surface area contributed by atoms with E-state index in [0.29, 0.717) is 18.5 Å². The van der Waals surface area contributed by atoms with Gasteiger partial charge in [0.15, 0.2) is 0 Å². The lowest BCUT2D eigenvalue weighted by Gasteiger charge is -2.18. The molecule has 0 aliphatic carbocycles. The van der Waals surface area contributed by atoms with Crippen LogP contribution in [0.25, 0.3) is 11.1 Å². The second-order valence-corrected chi connectivity index (χ2v) is 7.79. The zero-order valence-electron chi connectivity index (χ0n) is 18.6. The highest BCUT2D eigenvalue weighted by molar-refractivity contribution is 5.87. The molecule has 1 heterocycles. The molecule has 3 N–H and O–H groups in total. The molecule has 2 amide bonds. The molecule has 12 heteroatoms. The van der Waals surface area contributed by atoms with E-state index in [1.54, 1.807) is 26.8 Å². The number of ether oxygens (including phenoxy) is 2. The van der Waals surface area contributed by atoms with Crippen LogP contribution in [0.1, 0.15) is 32.9 Å². The first kappa shape index (κ1) is 25.0. The molecule has 0 fully saturated rings. The van der Waals surface area contributed by atoms with Gasteiger partial charge in [-0.25, -0.2) is 14.7 Å². The molecule has 0 radical (unpaired) electrons. The van der Waals surface area contributed by atoms with Crippen LogP contribution >= 0.6 is 0 Å². The van der Waals surface area contributed by atoms with E-state index in [-0.39, 0.29) is 22.5 Å². The van der Waals surface area contributed by atoms with Crippen molar-refractivity contribution in [2.24, 2.45) is 0 Å². The lowest BCUT2D eigenvalue weighted by molar-refractivity contribution is -0.384. The third kappa shape index (κ3) is 7.76. The molecule has 176 valence electrons. The van der Waals surface area contributed by atoms with Crippen LogP contribution in [0.3, 0.4) is 0 Å². The monoisotopic (exact) mass is 459 g/mol. The summed E-state index contributed by atoms with van der Waals surface area (Å²) in [4.78, 5) is 46.2. The smallest absolute Gasteiger partial charge is 0.411 e. The maximum absolute atomic E-state index is 12.3. The number of hydrogen-bond acceptors (Lipinski definition) is 8. The third-order valence-corrected chi connectivity index (χ3v) is 4.06. The highest BCUT2D eigenvalue weighted by Crippen LogP contribution is 2.31. The molecule has 2 rings (SSSR count). The van der Waals surface area contributed by atoms with Gasteiger partial charge in [-0.2, -0.15) is 5.10 Å². The normalized spacial score (nSPS) is 11.2. The zero-order chi connectivity index (χ0) is 24.6. The molecule has 0 aliphatic rings. The van der Waals surface area contributed by atoms with E-state index in [0.717, 1.165) is 6.07 Å². The summed E-state index contributed by atoms with van der Waals surface area (Å²) in [6, 6.07) is 5.38. The quantitative estimate of drug-likeness (QED) is 0.418. The van der Waals surface area contributed by atoms with Gasteiger partial charge in [-0.1, -0.05) is 6.08 Å². The van der Waals surface area contributed by atoms with Crippen molar-refractivity contribution in [2.45, 2.75) is 39.2 Å². The topological polar surface area (TPSA) is 166 Å². The number of amides is 2. The summed E-state index contributed by atoms with van der Waals surface area (Å²) in [5.41, 5.74) is -0.812. The molecule has 0 saturated carbocycles. The molecular weight excluding hydrogens is 434 g/mol. The predicted octanol–water partition coefficient (Wildman–Crippen LogP) is 3.49. The Morgan fingerprint density at radius 1 is 1.21 bits per heavy atom. The van der Waals surface area contributed by atoms with Crippen LogP contribution in [-0.2, 0) is 15.9 Å². The second kappa shape index (κ2) is 10.9. The van der Waals surface area contributed by atoms with Crippen molar-refractivity contribution in [3.63, 3.8) is 0 Å². The van der Waals surface area contributed by atoms with Gasteiger partial charge in [0.05, 0.1) is 34.5 Å². The number of carbonyl (C=O) groups excluding carboxylic acids is 2. The highest BCUT2D eigenvalue weighted by Gasteiger charge is 2.20. The van der Waals surface area contributed by atoms with Crippen molar-refractivity contribution in [1.29, 1.82) is 0 Å². The second-order valence-electron chi connectivity index (χ2n) is 7.79. The number of allylic oxidation sites excluding steroid dienone is 1. The van der Waals surface area contributed by atoms with Crippen LogP contribution in [-0.4, -0.2) is 40.0 Å². The highest BCUT2D eigenvalue weighted by atomic mass is 16.6.